The summed E-state index contributed by atoms with van der Waals surface area (Å²) in [6.45, 7) is 3.67. The highest BCUT2D eigenvalue weighted by Gasteiger charge is 2.42. The first kappa shape index (κ1) is 31.6. The first-order chi connectivity index (χ1) is 19.8. The number of benzene rings is 2. The number of ether oxygens (including phenoxy) is 4. The van der Waals surface area contributed by atoms with Crippen LogP contribution in [-0.2, 0) is 30.0 Å². The number of hydrogen-bond donors (Lipinski definition) is 1. The summed E-state index contributed by atoms with van der Waals surface area (Å²) in [6, 6.07) is 14.1. The Hall–Kier alpha value is -3.32. The van der Waals surface area contributed by atoms with Gasteiger partial charge in [-0.15, -0.1) is 11.3 Å². The molecule has 1 aromatic heterocycles. The zero-order valence-corrected chi connectivity index (χ0v) is 26.1. The first-order valence-electron chi connectivity index (χ1n) is 13.1. The molecule has 0 aliphatic carbocycles. The molecule has 2 N–H and O–H groups in total. The Morgan fingerprint density at radius 3 is 2.52 bits per heavy atom. The number of rotatable bonds is 10. The van der Waals surface area contributed by atoms with E-state index in [1.165, 1.54) is 14.2 Å². The molecule has 0 spiro atoms. The lowest BCUT2D eigenvalue weighted by atomic mass is 9.91. The van der Waals surface area contributed by atoms with Gasteiger partial charge in [0.2, 0.25) is 10.0 Å². The van der Waals surface area contributed by atoms with E-state index in [1.54, 1.807) is 46.8 Å². The van der Waals surface area contributed by atoms with Gasteiger partial charge in [0.25, 0.3) is 0 Å². The van der Waals surface area contributed by atoms with Crippen LogP contribution in [0.5, 0.6) is 11.5 Å². The lowest BCUT2D eigenvalue weighted by molar-refractivity contribution is -0.142. The molecule has 0 unspecified atom stereocenters. The number of hydrogen-bond acceptors (Lipinski definition) is 10. The highest BCUT2D eigenvalue weighted by atomic mass is 35.5. The summed E-state index contributed by atoms with van der Waals surface area (Å²) in [7, 11) is -1.13. The number of anilines is 1. The van der Waals surface area contributed by atoms with Crippen molar-refractivity contribution in [1.29, 1.82) is 0 Å². The molecular formula is C29H33ClN2O8S2. The minimum atomic E-state index is -3.60. The van der Waals surface area contributed by atoms with Crippen LogP contribution in [0, 0.1) is 0 Å². The molecule has 4 rings (SSSR count). The number of sulfonamides is 1. The van der Waals surface area contributed by atoms with Crippen molar-refractivity contribution in [2.45, 2.75) is 44.1 Å². The number of esters is 2. The number of nitrogens with zero attached hydrogens (tertiary/aromatic N) is 1. The van der Waals surface area contributed by atoms with Crippen LogP contribution in [0.15, 0.2) is 48.5 Å². The minimum absolute atomic E-state index is 0.0359. The molecule has 13 heteroatoms. The Bertz CT molecular complexity index is 1570. The summed E-state index contributed by atoms with van der Waals surface area (Å²) in [6.07, 6.45) is 0.740. The van der Waals surface area contributed by atoms with Crippen molar-refractivity contribution < 1.29 is 37.0 Å². The van der Waals surface area contributed by atoms with Crippen LogP contribution in [0.3, 0.4) is 0 Å². The fourth-order valence-electron chi connectivity index (χ4n) is 4.94. The lowest BCUT2D eigenvalue weighted by Gasteiger charge is -2.44. The molecule has 1 aliphatic rings. The predicted octanol–water partition coefficient (Wildman–Crippen LogP) is 5.14. The molecule has 42 heavy (non-hydrogen) atoms. The zero-order chi connectivity index (χ0) is 30.7. The smallest absolute Gasteiger partial charge is 0.351 e. The molecule has 10 nitrogen and oxygen atoms in total. The van der Waals surface area contributed by atoms with Gasteiger partial charge in [-0.05, 0) is 55.7 Å². The molecule has 2 aromatic carbocycles. The average Bonchev–Trinajstić information content (AvgIpc) is 3.26. The van der Waals surface area contributed by atoms with Crippen LogP contribution in [0.1, 0.15) is 41.9 Å². The van der Waals surface area contributed by atoms with Gasteiger partial charge in [0.15, 0.2) is 17.2 Å². The van der Waals surface area contributed by atoms with Gasteiger partial charge in [-0.1, -0.05) is 35.9 Å². The fraction of sp³-hybridized carbons (Fsp3) is 0.379. The Morgan fingerprint density at radius 1 is 1.12 bits per heavy atom. The minimum Gasteiger partial charge on any atom is -0.490 e. The largest absolute Gasteiger partial charge is 0.490 e. The van der Waals surface area contributed by atoms with Crippen molar-refractivity contribution in [3.8, 4) is 21.9 Å². The normalized spacial score (nSPS) is 16.9. The molecule has 2 heterocycles. The van der Waals surface area contributed by atoms with Crippen LogP contribution in [0.4, 0.5) is 5.69 Å². The number of carbonyl (C=O) groups excluding carboxylic acids is 2. The third-order valence-corrected chi connectivity index (χ3v) is 10.6. The van der Waals surface area contributed by atoms with E-state index in [2.05, 4.69) is 4.74 Å². The molecule has 3 aromatic rings. The number of halogens is 1. The third-order valence-electron chi connectivity index (χ3n) is 6.83. The highest BCUT2D eigenvalue weighted by Crippen LogP contribution is 2.46. The molecule has 0 amide bonds. The fourth-order valence-corrected chi connectivity index (χ4v) is 8.39. The second kappa shape index (κ2) is 12.9. The molecule has 1 saturated heterocycles. The maximum Gasteiger partial charge on any atom is 0.351 e. The maximum absolute atomic E-state index is 13.3. The van der Waals surface area contributed by atoms with E-state index in [-0.39, 0.29) is 27.5 Å². The van der Waals surface area contributed by atoms with E-state index in [4.69, 9.17) is 31.5 Å². The third kappa shape index (κ3) is 7.17. The second-order valence-electron chi connectivity index (χ2n) is 10.4. The number of thiophene rings is 1. The van der Waals surface area contributed by atoms with Gasteiger partial charge >= 0.3 is 11.9 Å². The van der Waals surface area contributed by atoms with Crippen molar-refractivity contribution >= 4 is 50.6 Å². The van der Waals surface area contributed by atoms with Gasteiger partial charge in [0.05, 0.1) is 24.8 Å². The quantitative estimate of drug-likeness (QED) is 0.237. The second-order valence-corrected chi connectivity index (χ2v) is 13.7. The monoisotopic (exact) mass is 636 g/mol. The van der Waals surface area contributed by atoms with Crippen molar-refractivity contribution in [1.82, 2.24) is 4.31 Å². The van der Waals surface area contributed by atoms with E-state index in [0.717, 1.165) is 11.3 Å². The summed E-state index contributed by atoms with van der Waals surface area (Å²) in [5, 5.41) is 0.154. The number of methoxy groups -OCH3 is 2. The topological polar surface area (TPSA) is 134 Å². The summed E-state index contributed by atoms with van der Waals surface area (Å²) < 4.78 is 49.6. The Labute approximate surface area is 254 Å². The van der Waals surface area contributed by atoms with E-state index < -0.39 is 34.1 Å². The summed E-state index contributed by atoms with van der Waals surface area (Å²) in [5.41, 5.74) is 6.99. The van der Waals surface area contributed by atoms with Gasteiger partial charge < -0.3 is 24.7 Å². The first-order valence-corrected chi connectivity index (χ1v) is 15.9. The predicted molar refractivity (Wildman–Crippen MR) is 162 cm³/mol. The van der Waals surface area contributed by atoms with Crippen LogP contribution in [0.2, 0.25) is 5.02 Å². The number of nitrogens with two attached hydrogens (primary N) is 1. The molecule has 1 atom stereocenters. The van der Waals surface area contributed by atoms with Crippen LogP contribution < -0.4 is 15.2 Å². The number of piperidine rings is 1. The number of carbonyl (C=O) groups is 2. The summed E-state index contributed by atoms with van der Waals surface area (Å²) in [5.74, 6) is -0.814. The van der Waals surface area contributed by atoms with Crippen LogP contribution in [0.25, 0.3) is 10.4 Å². The van der Waals surface area contributed by atoms with Gasteiger partial charge in [-0.25, -0.2) is 18.0 Å². The van der Waals surface area contributed by atoms with Crippen LogP contribution in [-0.4, -0.2) is 63.7 Å². The average molecular weight is 637 g/mol. The van der Waals surface area contributed by atoms with Gasteiger partial charge in [0.1, 0.15) is 16.9 Å². The van der Waals surface area contributed by atoms with E-state index in [1.807, 2.05) is 19.9 Å². The molecule has 0 saturated carbocycles. The lowest BCUT2D eigenvalue weighted by Crippen LogP contribution is -2.55. The molecule has 226 valence electrons. The molecule has 1 aliphatic heterocycles. The van der Waals surface area contributed by atoms with E-state index in [0.29, 0.717) is 46.8 Å². The maximum atomic E-state index is 13.3. The van der Waals surface area contributed by atoms with E-state index in [9.17, 15) is 18.0 Å². The molecular weight excluding hydrogens is 604 g/mol. The van der Waals surface area contributed by atoms with Crippen LogP contribution >= 0.6 is 22.9 Å². The van der Waals surface area contributed by atoms with Gasteiger partial charge in [-0.2, -0.15) is 4.31 Å². The van der Waals surface area contributed by atoms with Crippen molar-refractivity contribution in [3.63, 3.8) is 0 Å². The Balaban J connectivity index is 1.51. The Morgan fingerprint density at radius 2 is 1.86 bits per heavy atom. The SMILES string of the molecule is COC(=O)COc1c(C(=O)OC)sc(-c2cccc(O[C@H]3CCN(S(=O)(=O)Cc4cccc(N)c4)C(C)(C)C3)c2)c1Cl. The van der Waals surface area contributed by atoms with Crippen molar-refractivity contribution in [2.24, 2.45) is 0 Å². The van der Waals surface area contributed by atoms with Gasteiger partial charge in [-0.3, -0.25) is 0 Å². The molecule has 0 radical (unpaired) electrons. The standard InChI is InChI=1S/C29H33ClN2O8S2/c1-29(2)15-22(11-12-32(29)42(35,36)17-18-7-5-9-20(31)13-18)40-21-10-6-8-19(14-21)26-24(30)25(39-16-23(33)37-3)27(41-26)28(34)38-4/h5-10,13-14,22H,11-12,15-17,31H2,1-4H3/t22-/m0/s1. The summed E-state index contributed by atoms with van der Waals surface area (Å²) >= 11 is 7.68. The summed E-state index contributed by atoms with van der Waals surface area (Å²) in [4.78, 5) is 24.7. The van der Waals surface area contributed by atoms with Crippen molar-refractivity contribution in [3.05, 3.63) is 64.0 Å². The highest BCUT2D eigenvalue weighted by molar-refractivity contribution is 7.88. The number of nitrogen functional groups attached to an aromatic ring is 1. The Kier molecular flexibility index (Phi) is 9.71. The van der Waals surface area contributed by atoms with Gasteiger partial charge in [0, 0.05) is 24.2 Å². The zero-order valence-electron chi connectivity index (χ0n) is 23.7. The van der Waals surface area contributed by atoms with Crippen molar-refractivity contribution in [2.75, 3.05) is 33.1 Å². The van der Waals surface area contributed by atoms with E-state index >= 15 is 0 Å². The molecule has 1 fully saturated rings. The molecule has 0 bridgehead atoms.